The molecule has 10 heavy (non-hydrogen) atoms. The van der Waals surface area contributed by atoms with Crippen LogP contribution in [0.15, 0.2) is 23.8 Å². The molecule has 0 atom stereocenters. The van der Waals surface area contributed by atoms with Gasteiger partial charge in [0.15, 0.2) is 0 Å². The summed E-state index contributed by atoms with van der Waals surface area (Å²) in [6.07, 6.45) is 4.37. The standard InChI is InChI=1S/C7H9ClO2/c1-2-10-7(9)5-3-4-6-8/h3-6H,2H2,1H3/b5-3+,6-4+. The maximum Gasteiger partial charge on any atom is 0.330 e. The van der Waals surface area contributed by atoms with Crippen LogP contribution in [0.5, 0.6) is 0 Å². The first-order chi connectivity index (χ1) is 4.81. The molecule has 2 nitrogen and oxygen atoms in total. The van der Waals surface area contributed by atoms with E-state index in [-0.39, 0.29) is 5.97 Å². The number of hydrogen-bond donors (Lipinski definition) is 0. The number of carbonyl (C=O) groups excluding carboxylic acids is 1. The van der Waals surface area contributed by atoms with E-state index >= 15 is 0 Å². The quantitative estimate of drug-likeness (QED) is 0.358. The van der Waals surface area contributed by atoms with E-state index in [1.165, 1.54) is 17.7 Å². The van der Waals surface area contributed by atoms with Gasteiger partial charge in [0.25, 0.3) is 0 Å². The summed E-state index contributed by atoms with van der Waals surface area (Å²) in [6, 6.07) is 0. The van der Waals surface area contributed by atoms with Crippen molar-refractivity contribution in [2.24, 2.45) is 0 Å². The largest absolute Gasteiger partial charge is 0.463 e. The Morgan fingerprint density at radius 3 is 2.80 bits per heavy atom. The summed E-state index contributed by atoms with van der Waals surface area (Å²) in [6.45, 7) is 2.15. The Labute approximate surface area is 65.1 Å². The lowest BCUT2D eigenvalue weighted by molar-refractivity contribution is -0.137. The Balaban J connectivity index is 3.56. The summed E-state index contributed by atoms with van der Waals surface area (Å²) in [4.78, 5) is 10.5. The summed E-state index contributed by atoms with van der Waals surface area (Å²) in [5.74, 6) is -0.350. The number of ether oxygens (including phenoxy) is 1. The van der Waals surface area contributed by atoms with Crippen molar-refractivity contribution in [1.82, 2.24) is 0 Å². The van der Waals surface area contributed by atoms with Gasteiger partial charge in [0.1, 0.15) is 0 Å². The molecule has 0 aromatic carbocycles. The van der Waals surface area contributed by atoms with Crippen molar-refractivity contribution >= 4 is 17.6 Å². The molecule has 0 rings (SSSR count). The van der Waals surface area contributed by atoms with E-state index in [1.54, 1.807) is 13.0 Å². The van der Waals surface area contributed by atoms with Crippen LogP contribution in [0.3, 0.4) is 0 Å². The van der Waals surface area contributed by atoms with Crippen molar-refractivity contribution in [3.63, 3.8) is 0 Å². The predicted octanol–water partition coefficient (Wildman–Crippen LogP) is 1.86. The molecule has 0 heterocycles. The highest BCUT2D eigenvalue weighted by molar-refractivity contribution is 6.25. The molecule has 0 saturated carbocycles. The molecule has 0 saturated heterocycles. The number of allylic oxidation sites excluding steroid dienone is 2. The first kappa shape index (κ1) is 9.24. The van der Waals surface area contributed by atoms with Crippen LogP contribution >= 0.6 is 11.6 Å². The smallest absolute Gasteiger partial charge is 0.330 e. The van der Waals surface area contributed by atoms with Crippen molar-refractivity contribution in [2.75, 3.05) is 6.61 Å². The molecule has 0 bridgehead atoms. The predicted molar refractivity (Wildman–Crippen MR) is 40.8 cm³/mol. The lowest BCUT2D eigenvalue weighted by Crippen LogP contribution is -1.98. The van der Waals surface area contributed by atoms with Crippen LogP contribution in [0.25, 0.3) is 0 Å². The fourth-order valence-corrected chi connectivity index (χ4v) is 0.450. The van der Waals surface area contributed by atoms with Crippen LogP contribution in [0, 0.1) is 0 Å². The Kier molecular flexibility index (Phi) is 5.88. The van der Waals surface area contributed by atoms with E-state index in [4.69, 9.17) is 11.6 Å². The van der Waals surface area contributed by atoms with Crippen molar-refractivity contribution in [3.05, 3.63) is 23.8 Å². The fraction of sp³-hybridized carbons (Fsp3) is 0.286. The number of hydrogen-bond acceptors (Lipinski definition) is 2. The maximum absolute atomic E-state index is 10.5. The van der Waals surface area contributed by atoms with Crippen LogP contribution in [0.1, 0.15) is 6.92 Å². The molecule has 0 aliphatic rings. The van der Waals surface area contributed by atoms with Gasteiger partial charge in [-0.1, -0.05) is 23.8 Å². The van der Waals surface area contributed by atoms with Crippen molar-refractivity contribution in [1.29, 1.82) is 0 Å². The summed E-state index contributed by atoms with van der Waals surface area (Å²) >= 11 is 5.18. The minimum absolute atomic E-state index is 0.350. The monoisotopic (exact) mass is 160 g/mol. The molecule has 0 fully saturated rings. The van der Waals surface area contributed by atoms with Gasteiger partial charge in [-0.2, -0.15) is 0 Å². The number of rotatable bonds is 3. The third-order valence-electron chi connectivity index (χ3n) is 0.703. The van der Waals surface area contributed by atoms with Crippen LogP contribution < -0.4 is 0 Å². The normalized spacial score (nSPS) is 11.0. The first-order valence-corrected chi connectivity index (χ1v) is 3.35. The van der Waals surface area contributed by atoms with Gasteiger partial charge in [0.05, 0.1) is 6.61 Å². The Morgan fingerprint density at radius 2 is 2.30 bits per heavy atom. The van der Waals surface area contributed by atoms with E-state index in [1.807, 2.05) is 0 Å². The zero-order valence-corrected chi connectivity index (χ0v) is 6.47. The Bertz CT molecular complexity index is 150. The SMILES string of the molecule is CCOC(=O)/C=C/C=C/Cl. The van der Waals surface area contributed by atoms with Gasteiger partial charge in [-0.15, -0.1) is 0 Å². The van der Waals surface area contributed by atoms with Crippen LogP contribution in [-0.2, 0) is 9.53 Å². The van der Waals surface area contributed by atoms with Crippen molar-refractivity contribution < 1.29 is 9.53 Å². The maximum atomic E-state index is 10.5. The van der Waals surface area contributed by atoms with Crippen LogP contribution in [-0.4, -0.2) is 12.6 Å². The zero-order valence-electron chi connectivity index (χ0n) is 5.71. The average molecular weight is 161 g/mol. The molecule has 0 aliphatic heterocycles. The second-order valence-corrected chi connectivity index (χ2v) is 1.68. The van der Waals surface area contributed by atoms with Gasteiger partial charge in [-0.05, 0) is 6.92 Å². The average Bonchev–Trinajstić information content (AvgIpc) is 1.89. The van der Waals surface area contributed by atoms with Crippen LogP contribution in [0.4, 0.5) is 0 Å². The van der Waals surface area contributed by atoms with Crippen molar-refractivity contribution in [2.45, 2.75) is 6.92 Å². The number of halogens is 1. The van der Waals surface area contributed by atoms with Gasteiger partial charge < -0.3 is 4.74 Å². The van der Waals surface area contributed by atoms with Gasteiger partial charge in [0.2, 0.25) is 0 Å². The summed E-state index contributed by atoms with van der Waals surface area (Å²) in [7, 11) is 0. The minimum Gasteiger partial charge on any atom is -0.463 e. The third-order valence-corrected chi connectivity index (χ3v) is 0.848. The summed E-state index contributed by atoms with van der Waals surface area (Å²) in [5.41, 5.74) is 1.32. The highest BCUT2D eigenvalue weighted by Gasteiger charge is 1.89. The first-order valence-electron chi connectivity index (χ1n) is 2.91. The van der Waals surface area contributed by atoms with E-state index in [2.05, 4.69) is 4.74 Å². The van der Waals surface area contributed by atoms with Gasteiger partial charge in [-0.25, -0.2) is 4.79 Å². The number of carbonyl (C=O) groups is 1. The second kappa shape index (κ2) is 6.36. The highest BCUT2D eigenvalue weighted by atomic mass is 35.5. The van der Waals surface area contributed by atoms with Crippen molar-refractivity contribution in [3.8, 4) is 0 Å². The van der Waals surface area contributed by atoms with E-state index in [0.29, 0.717) is 6.61 Å². The third kappa shape index (κ3) is 5.38. The molecule has 0 aromatic rings. The lowest BCUT2D eigenvalue weighted by Gasteiger charge is -1.92. The Hall–Kier alpha value is -0.760. The fourth-order valence-electron chi connectivity index (χ4n) is 0.366. The molecule has 56 valence electrons. The topological polar surface area (TPSA) is 26.3 Å². The van der Waals surface area contributed by atoms with E-state index in [9.17, 15) is 4.79 Å². The molecule has 0 aromatic heterocycles. The van der Waals surface area contributed by atoms with E-state index in [0.717, 1.165) is 0 Å². The molecule has 0 N–H and O–H groups in total. The van der Waals surface area contributed by atoms with Gasteiger partial charge in [0, 0.05) is 11.6 Å². The minimum atomic E-state index is -0.350. The second-order valence-electron chi connectivity index (χ2n) is 1.43. The molecule has 0 spiro atoms. The van der Waals surface area contributed by atoms with Gasteiger partial charge in [-0.3, -0.25) is 0 Å². The molecule has 0 aliphatic carbocycles. The van der Waals surface area contributed by atoms with Gasteiger partial charge >= 0.3 is 5.97 Å². The lowest BCUT2D eigenvalue weighted by atomic mass is 10.5. The zero-order chi connectivity index (χ0) is 7.82. The summed E-state index contributed by atoms with van der Waals surface area (Å²) in [5, 5.41) is 0. The molecule has 0 amide bonds. The number of esters is 1. The molecule has 3 heteroatoms. The summed E-state index contributed by atoms with van der Waals surface area (Å²) < 4.78 is 4.59. The molecular formula is C7H9ClO2. The van der Waals surface area contributed by atoms with Crippen LogP contribution in [0.2, 0.25) is 0 Å². The highest BCUT2D eigenvalue weighted by Crippen LogP contribution is 1.84. The molecule has 0 radical (unpaired) electrons. The van der Waals surface area contributed by atoms with E-state index < -0.39 is 0 Å². The molecular weight excluding hydrogens is 152 g/mol. The Morgan fingerprint density at radius 1 is 1.60 bits per heavy atom. The molecule has 0 unspecified atom stereocenters.